The number of carbonyl (C=O) groups is 3. The smallest absolute Gasteiger partial charge is 0.263 e. The number of amides is 3. The third-order valence-electron chi connectivity index (χ3n) is 2.98. The zero-order valence-electron chi connectivity index (χ0n) is 9.76. The van der Waals surface area contributed by atoms with Gasteiger partial charge in [0.1, 0.15) is 19.3 Å². The first-order valence-electron chi connectivity index (χ1n) is 5.68. The van der Waals surface area contributed by atoms with Crippen LogP contribution >= 0.6 is 0 Å². The average molecular weight is 257 g/mol. The summed E-state index contributed by atoms with van der Waals surface area (Å²) in [5, 5.41) is 0. The summed E-state index contributed by atoms with van der Waals surface area (Å²) in [6.45, 7) is -0.0221. The first-order valence-corrected chi connectivity index (χ1v) is 5.68. The van der Waals surface area contributed by atoms with E-state index in [4.69, 9.17) is 15.3 Å². The molecule has 3 amide bonds. The molecule has 8 heteroatoms. The van der Waals surface area contributed by atoms with Crippen LogP contribution in [0, 0.1) is 0 Å². The van der Waals surface area contributed by atoms with Gasteiger partial charge in [-0.3, -0.25) is 24.7 Å². The van der Waals surface area contributed by atoms with Crippen molar-refractivity contribution < 1.29 is 23.9 Å². The van der Waals surface area contributed by atoms with Gasteiger partial charge in [0.2, 0.25) is 0 Å². The minimum atomic E-state index is -0.605. The molecule has 0 aromatic rings. The number of carbonyl (C=O) groups excluding carboxylic acids is 3. The Balaban J connectivity index is 1.89. The van der Waals surface area contributed by atoms with Crippen LogP contribution in [0.15, 0.2) is 0 Å². The number of nitrogens with two attached hydrogens (primary N) is 1. The molecule has 2 saturated heterocycles. The predicted molar refractivity (Wildman–Crippen MR) is 57.8 cm³/mol. The molecule has 0 spiro atoms. The van der Waals surface area contributed by atoms with Crippen molar-refractivity contribution in [3.05, 3.63) is 0 Å². The minimum Gasteiger partial charge on any atom is -0.363 e. The first kappa shape index (κ1) is 12.9. The van der Waals surface area contributed by atoms with Crippen molar-refractivity contribution in [2.45, 2.75) is 25.0 Å². The molecule has 0 aromatic heterocycles. The quantitative estimate of drug-likeness (QED) is 0.259. The van der Waals surface area contributed by atoms with E-state index in [1.54, 1.807) is 0 Å². The second-order valence-corrected chi connectivity index (χ2v) is 4.22. The first-order chi connectivity index (χ1) is 8.61. The van der Waals surface area contributed by atoms with Crippen molar-refractivity contribution >= 4 is 17.7 Å². The summed E-state index contributed by atoms with van der Waals surface area (Å²) < 4.78 is 10.2. The predicted octanol–water partition coefficient (Wildman–Crippen LogP) is -2.09. The molecule has 0 bridgehead atoms. The molecule has 100 valence electrons. The Kier molecular flexibility index (Phi) is 3.90. The minimum absolute atomic E-state index is 0.0921. The number of nitrogens with one attached hydrogen (secondary N) is 1. The van der Waals surface area contributed by atoms with Gasteiger partial charge in [0.15, 0.2) is 0 Å². The standard InChI is InChI=1S/C10H15N3O5/c11-12-10(16)7-2-1-6(18-7)3-13-8(14)4-17-5-9(13)15/h6-7H,1-5,11H2,(H,12,16). The fraction of sp³-hybridized carbons (Fsp3) is 0.700. The van der Waals surface area contributed by atoms with Crippen LogP contribution in [0.4, 0.5) is 0 Å². The van der Waals surface area contributed by atoms with Crippen LogP contribution in [0.3, 0.4) is 0 Å². The molecular formula is C10H15N3O5. The van der Waals surface area contributed by atoms with E-state index in [1.807, 2.05) is 5.43 Å². The van der Waals surface area contributed by atoms with E-state index in [-0.39, 0.29) is 37.7 Å². The molecule has 2 atom stereocenters. The number of morpholine rings is 1. The number of hydrogen-bond donors (Lipinski definition) is 2. The lowest BCUT2D eigenvalue weighted by atomic mass is 10.2. The third-order valence-corrected chi connectivity index (χ3v) is 2.98. The van der Waals surface area contributed by atoms with E-state index in [9.17, 15) is 14.4 Å². The highest BCUT2D eigenvalue weighted by molar-refractivity contribution is 5.98. The van der Waals surface area contributed by atoms with Gasteiger partial charge in [-0.15, -0.1) is 0 Å². The monoisotopic (exact) mass is 257 g/mol. The van der Waals surface area contributed by atoms with Gasteiger partial charge in [0, 0.05) is 0 Å². The Hall–Kier alpha value is -1.51. The van der Waals surface area contributed by atoms with E-state index in [0.717, 1.165) is 4.90 Å². The molecule has 0 aliphatic carbocycles. The summed E-state index contributed by atoms with van der Waals surface area (Å²) in [4.78, 5) is 35.4. The largest absolute Gasteiger partial charge is 0.363 e. The molecule has 2 fully saturated rings. The molecule has 2 heterocycles. The molecule has 2 rings (SSSR count). The summed E-state index contributed by atoms with van der Waals surface area (Å²) >= 11 is 0. The summed E-state index contributed by atoms with van der Waals surface area (Å²) in [5.41, 5.74) is 2.02. The van der Waals surface area contributed by atoms with Gasteiger partial charge in [0.05, 0.1) is 12.6 Å². The number of rotatable bonds is 3. The lowest BCUT2D eigenvalue weighted by Gasteiger charge is -2.27. The van der Waals surface area contributed by atoms with Crippen molar-refractivity contribution in [3.63, 3.8) is 0 Å². The van der Waals surface area contributed by atoms with Crippen molar-refractivity contribution in [1.29, 1.82) is 0 Å². The van der Waals surface area contributed by atoms with Gasteiger partial charge in [-0.2, -0.15) is 0 Å². The Morgan fingerprint density at radius 2 is 2.00 bits per heavy atom. The Morgan fingerprint density at radius 1 is 1.33 bits per heavy atom. The van der Waals surface area contributed by atoms with Crippen LogP contribution < -0.4 is 11.3 Å². The van der Waals surface area contributed by atoms with E-state index in [2.05, 4.69) is 0 Å². The molecule has 2 unspecified atom stereocenters. The molecular weight excluding hydrogens is 242 g/mol. The molecule has 2 aliphatic rings. The van der Waals surface area contributed by atoms with E-state index >= 15 is 0 Å². The fourth-order valence-corrected chi connectivity index (χ4v) is 2.05. The Bertz CT molecular complexity index is 357. The van der Waals surface area contributed by atoms with Gasteiger partial charge in [0.25, 0.3) is 17.7 Å². The van der Waals surface area contributed by atoms with Crippen LogP contribution in [0.5, 0.6) is 0 Å². The molecule has 2 aliphatic heterocycles. The average Bonchev–Trinajstić information content (AvgIpc) is 2.81. The molecule has 3 N–H and O–H groups in total. The highest BCUT2D eigenvalue weighted by Crippen LogP contribution is 2.21. The van der Waals surface area contributed by atoms with Gasteiger partial charge >= 0.3 is 0 Å². The van der Waals surface area contributed by atoms with Crippen LogP contribution in [0.25, 0.3) is 0 Å². The highest BCUT2D eigenvalue weighted by Gasteiger charge is 2.35. The van der Waals surface area contributed by atoms with E-state index in [1.165, 1.54) is 0 Å². The number of nitrogens with zero attached hydrogens (tertiary/aromatic N) is 1. The second kappa shape index (κ2) is 5.42. The lowest BCUT2D eigenvalue weighted by Crippen LogP contribution is -2.49. The van der Waals surface area contributed by atoms with E-state index < -0.39 is 12.0 Å². The van der Waals surface area contributed by atoms with Crippen LogP contribution in [0.1, 0.15) is 12.8 Å². The second-order valence-electron chi connectivity index (χ2n) is 4.22. The Labute approximate surface area is 103 Å². The fourth-order valence-electron chi connectivity index (χ4n) is 2.05. The topological polar surface area (TPSA) is 111 Å². The molecule has 18 heavy (non-hydrogen) atoms. The van der Waals surface area contributed by atoms with Crippen LogP contribution in [-0.4, -0.2) is 54.6 Å². The number of imide groups is 1. The van der Waals surface area contributed by atoms with Crippen molar-refractivity contribution in [2.75, 3.05) is 19.8 Å². The third kappa shape index (κ3) is 2.66. The van der Waals surface area contributed by atoms with Gasteiger partial charge in [-0.25, -0.2) is 5.84 Å². The van der Waals surface area contributed by atoms with Gasteiger partial charge in [-0.05, 0) is 12.8 Å². The number of ether oxygens (including phenoxy) is 2. The molecule has 0 saturated carbocycles. The number of hydrazine groups is 1. The number of hydrogen-bond acceptors (Lipinski definition) is 6. The van der Waals surface area contributed by atoms with Crippen molar-refractivity contribution in [1.82, 2.24) is 10.3 Å². The van der Waals surface area contributed by atoms with Gasteiger partial charge in [-0.1, -0.05) is 0 Å². The van der Waals surface area contributed by atoms with Gasteiger partial charge < -0.3 is 9.47 Å². The molecule has 8 nitrogen and oxygen atoms in total. The van der Waals surface area contributed by atoms with Crippen molar-refractivity contribution in [3.8, 4) is 0 Å². The van der Waals surface area contributed by atoms with Crippen LogP contribution in [0.2, 0.25) is 0 Å². The zero-order valence-corrected chi connectivity index (χ0v) is 9.76. The molecule has 0 aromatic carbocycles. The maximum Gasteiger partial charge on any atom is 0.263 e. The Morgan fingerprint density at radius 3 is 2.61 bits per heavy atom. The molecule has 0 radical (unpaired) electrons. The summed E-state index contributed by atoms with van der Waals surface area (Å²) in [5.74, 6) is 3.87. The summed E-state index contributed by atoms with van der Waals surface area (Å²) in [7, 11) is 0. The zero-order chi connectivity index (χ0) is 13.1. The maximum absolute atomic E-state index is 11.5. The van der Waals surface area contributed by atoms with E-state index in [0.29, 0.717) is 12.8 Å². The SMILES string of the molecule is NNC(=O)C1CCC(CN2C(=O)COCC2=O)O1. The summed E-state index contributed by atoms with van der Waals surface area (Å²) in [6.07, 6.45) is 0.209. The van der Waals surface area contributed by atoms with Crippen LogP contribution in [-0.2, 0) is 23.9 Å². The normalized spacial score (nSPS) is 28.6. The summed E-state index contributed by atoms with van der Waals surface area (Å²) in [6, 6.07) is 0. The lowest BCUT2D eigenvalue weighted by molar-refractivity contribution is -0.160. The van der Waals surface area contributed by atoms with Crippen molar-refractivity contribution in [2.24, 2.45) is 5.84 Å². The maximum atomic E-state index is 11.5. The highest BCUT2D eigenvalue weighted by atomic mass is 16.5.